The lowest BCUT2D eigenvalue weighted by Crippen LogP contribution is -2.40. The first-order valence-electron chi connectivity index (χ1n) is 4.94. The molecule has 0 aromatic heterocycles. The van der Waals surface area contributed by atoms with E-state index >= 15 is 0 Å². The summed E-state index contributed by atoms with van der Waals surface area (Å²) in [4.78, 5) is 21.2. The molecule has 0 aliphatic heterocycles. The number of ether oxygens (including phenoxy) is 3. The number of carbonyl (C=O) groups excluding carboxylic acids is 2. The first-order valence-corrected chi connectivity index (χ1v) is 4.94. The van der Waals surface area contributed by atoms with Crippen LogP contribution in [0.15, 0.2) is 0 Å². The van der Waals surface area contributed by atoms with Gasteiger partial charge in [-0.15, -0.1) is 0 Å². The van der Waals surface area contributed by atoms with Crippen LogP contribution < -0.4 is 0 Å². The van der Waals surface area contributed by atoms with Crippen LogP contribution in [0.5, 0.6) is 0 Å². The summed E-state index contributed by atoms with van der Waals surface area (Å²) < 4.78 is 14.9. The molecular weight excluding hydrogens is 216 g/mol. The molecular formula is C10H18O6. The number of methoxy groups -OCH3 is 1. The number of aliphatic hydroxyl groups excluding tert-OH is 1. The fourth-order valence-corrected chi connectivity index (χ4v) is 1.06. The predicted molar refractivity (Wildman–Crippen MR) is 54.9 cm³/mol. The molecule has 94 valence electrons. The van der Waals surface area contributed by atoms with Crippen LogP contribution in [0.1, 0.15) is 13.8 Å². The lowest BCUT2D eigenvalue weighted by Gasteiger charge is -2.25. The highest BCUT2D eigenvalue weighted by molar-refractivity contribution is 5.58. The monoisotopic (exact) mass is 234 g/mol. The zero-order valence-corrected chi connectivity index (χ0v) is 9.66. The maximum atomic E-state index is 10.8. The molecule has 0 heterocycles. The Bertz CT molecular complexity index is 205. The molecule has 0 radical (unpaired) electrons. The Morgan fingerprint density at radius 2 is 1.81 bits per heavy atom. The molecule has 16 heavy (non-hydrogen) atoms. The van der Waals surface area contributed by atoms with E-state index in [1.165, 1.54) is 7.11 Å². The largest absolute Gasteiger partial charge is 0.394 e. The zero-order valence-electron chi connectivity index (χ0n) is 9.66. The van der Waals surface area contributed by atoms with Crippen molar-refractivity contribution in [2.24, 2.45) is 0 Å². The fraction of sp³-hybridized carbons (Fsp3) is 0.800. The first-order chi connectivity index (χ1) is 7.58. The summed E-state index contributed by atoms with van der Waals surface area (Å²) in [6.07, 6.45) is -2.20. The minimum atomic E-state index is -1.12. The molecule has 1 N–H and O–H groups in total. The van der Waals surface area contributed by atoms with Crippen molar-refractivity contribution in [1.29, 1.82) is 0 Å². The van der Waals surface area contributed by atoms with Gasteiger partial charge in [-0.3, -0.25) is 4.79 Å². The van der Waals surface area contributed by atoms with E-state index in [1.54, 1.807) is 13.8 Å². The summed E-state index contributed by atoms with van der Waals surface area (Å²) in [7, 11) is 1.28. The second kappa shape index (κ2) is 8.35. The van der Waals surface area contributed by atoms with Crippen molar-refractivity contribution < 1.29 is 28.9 Å². The Balaban J connectivity index is 4.41. The Morgan fingerprint density at radius 3 is 2.12 bits per heavy atom. The van der Waals surface area contributed by atoms with Crippen LogP contribution in [0.25, 0.3) is 0 Å². The zero-order chi connectivity index (χ0) is 12.6. The topological polar surface area (TPSA) is 82.1 Å². The molecule has 0 saturated heterocycles. The van der Waals surface area contributed by atoms with Crippen molar-refractivity contribution in [2.75, 3.05) is 13.7 Å². The molecule has 6 heteroatoms. The molecule has 3 atom stereocenters. The molecule has 0 unspecified atom stereocenters. The third kappa shape index (κ3) is 5.32. The van der Waals surface area contributed by atoms with Gasteiger partial charge in [0.25, 0.3) is 0 Å². The summed E-state index contributed by atoms with van der Waals surface area (Å²) in [5.74, 6) is 0. The summed E-state index contributed by atoms with van der Waals surface area (Å²) in [5, 5.41) is 9.04. The van der Waals surface area contributed by atoms with E-state index in [-0.39, 0.29) is 6.10 Å². The van der Waals surface area contributed by atoms with Gasteiger partial charge in [-0.25, -0.2) is 0 Å². The van der Waals surface area contributed by atoms with E-state index in [4.69, 9.17) is 14.6 Å². The normalized spacial score (nSPS) is 16.8. The van der Waals surface area contributed by atoms with Gasteiger partial charge in [0.05, 0.1) is 12.7 Å². The predicted octanol–water partition coefficient (Wildman–Crippen LogP) is -0.472. The highest BCUT2D eigenvalue weighted by Crippen LogP contribution is 2.07. The van der Waals surface area contributed by atoms with E-state index in [2.05, 4.69) is 4.74 Å². The van der Waals surface area contributed by atoms with Gasteiger partial charge < -0.3 is 24.1 Å². The molecule has 0 aliphatic carbocycles. The van der Waals surface area contributed by atoms with Crippen LogP contribution in [-0.2, 0) is 23.8 Å². The number of hydrogen-bond acceptors (Lipinski definition) is 6. The maximum Gasteiger partial charge on any atom is 0.214 e. The quantitative estimate of drug-likeness (QED) is 0.429. The standard InChI is InChI=1S/C10H18O6/c1-7(2)15-8(4-11)9(5-12)16-10(6-13)14-3/h4,6-10,12H,5H2,1-3H3/t8-,9+,10-/m0/s1. The van der Waals surface area contributed by atoms with Crippen molar-refractivity contribution in [3.63, 3.8) is 0 Å². The van der Waals surface area contributed by atoms with Crippen LogP contribution in [-0.4, -0.2) is 56.0 Å². The molecule has 0 aromatic rings. The van der Waals surface area contributed by atoms with Gasteiger partial charge in [-0.1, -0.05) is 0 Å². The average molecular weight is 234 g/mol. The van der Waals surface area contributed by atoms with Gasteiger partial charge >= 0.3 is 0 Å². The third-order valence-corrected chi connectivity index (χ3v) is 1.76. The van der Waals surface area contributed by atoms with Crippen molar-refractivity contribution in [3.05, 3.63) is 0 Å². The van der Waals surface area contributed by atoms with E-state index in [9.17, 15) is 9.59 Å². The van der Waals surface area contributed by atoms with Gasteiger partial charge in [0.2, 0.25) is 6.29 Å². The minimum absolute atomic E-state index is 0.190. The molecule has 0 saturated carbocycles. The van der Waals surface area contributed by atoms with E-state index in [0.717, 1.165) is 0 Å². The Morgan fingerprint density at radius 1 is 1.19 bits per heavy atom. The van der Waals surface area contributed by atoms with Gasteiger partial charge in [-0.05, 0) is 13.8 Å². The van der Waals surface area contributed by atoms with Crippen molar-refractivity contribution in [1.82, 2.24) is 0 Å². The molecule has 0 fully saturated rings. The SMILES string of the molecule is CO[C@H](C=O)O[C@H](CO)[C@H](C=O)OC(C)C. The highest BCUT2D eigenvalue weighted by atomic mass is 16.7. The van der Waals surface area contributed by atoms with Gasteiger partial charge in [-0.2, -0.15) is 0 Å². The van der Waals surface area contributed by atoms with E-state index < -0.39 is 25.1 Å². The van der Waals surface area contributed by atoms with Gasteiger partial charge in [0.15, 0.2) is 12.6 Å². The summed E-state index contributed by atoms with van der Waals surface area (Å²) in [6.45, 7) is 3.06. The number of hydrogen-bond donors (Lipinski definition) is 1. The van der Waals surface area contributed by atoms with Crippen LogP contribution >= 0.6 is 0 Å². The summed E-state index contributed by atoms with van der Waals surface area (Å²) in [5.41, 5.74) is 0. The lowest BCUT2D eigenvalue weighted by molar-refractivity contribution is -0.193. The van der Waals surface area contributed by atoms with E-state index in [0.29, 0.717) is 12.6 Å². The second-order valence-electron chi connectivity index (χ2n) is 3.38. The maximum absolute atomic E-state index is 10.8. The Hall–Kier alpha value is -0.820. The Labute approximate surface area is 94.5 Å². The average Bonchev–Trinajstić information content (AvgIpc) is 2.28. The third-order valence-electron chi connectivity index (χ3n) is 1.76. The number of aliphatic hydroxyl groups is 1. The number of carbonyl (C=O) groups is 2. The van der Waals surface area contributed by atoms with Gasteiger partial charge in [0, 0.05) is 7.11 Å². The van der Waals surface area contributed by atoms with Gasteiger partial charge in [0.1, 0.15) is 12.2 Å². The molecule has 0 aliphatic rings. The van der Waals surface area contributed by atoms with Crippen molar-refractivity contribution >= 4 is 12.6 Å². The number of aldehydes is 2. The molecule has 0 amide bonds. The fourth-order valence-electron chi connectivity index (χ4n) is 1.06. The lowest BCUT2D eigenvalue weighted by atomic mass is 10.2. The molecule has 0 aromatic carbocycles. The number of rotatable bonds is 9. The second-order valence-corrected chi connectivity index (χ2v) is 3.38. The van der Waals surface area contributed by atoms with Crippen LogP contribution in [0.4, 0.5) is 0 Å². The van der Waals surface area contributed by atoms with E-state index in [1.807, 2.05) is 0 Å². The highest BCUT2D eigenvalue weighted by Gasteiger charge is 2.26. The van der Waals surface area contributed by atoms with Crippen molar-refractivity contribution in [3.8, 4) is 0 Å². The molecule has 0 spiro atoms. The smallest absolute Gasteiger partial charge is 0.214 e. The van der Waals surface area contributed by atoms with Crippen molar-refractivity contribution in [2.45, 2.75) is 38.4 Å². The minimum Gasteiger partial charge on any atom is -0.394 e. The molecule has 0 rings (SSSR count). The summed E-state index contributed by atoms with van der Waals surface area (Å²) in [6, 6.07) is 0. The first kappa shape index (κ1) is 15.2. The van der Waals surface area contributed by atoms with Crippen LogP contribution in [0, 0.1) is 0 Å². The van der Waals surface area contributed by atoms with Crippen LogP contribution in [0.2, 0.25) is 0 Å². The van der Waals surface area contributed by atoms with Crippen LogP contribution in [0.3, 0.4) is 0 Å². The molecule has 0 bridgehead atoms. The molecule has 6 nitrogen and oxygen atoms in total. The Kier molecular flexibility index (Phi) is 7.92. The summed E-state index contributed by atoms with van der Waals surface area (Å²) >= 11 is 0.